The predicted octanol–water partition coefficient (Wildman–Crippen LogP) is 3.42. The van der Waals surface area contributed by atoms with E-state index < -0.39 is 29.8 Å². The Morgan fingerprint density at radius 1 is 1.17 bits per heavy atom. The highest BCUT2D eigenvalue weighted by molar-refractivity contribution is 5.93. The minimum absolute atomic E-state index is 0.0409. The Bertz CT molecular complexity index is 645. The molecule has 1 aliphatic heterocycles. The molecule has 2 amide bonds. The summed E-state index contributed by atoms with van der Waals surface area (Å²) in [5, 5.41) is 11.9. The van der Waals surface area contributed by atoms with Crippen molar-refractivity contribution in [3.63, 3.8) is 0 Å². The monoisotopic (exact) mass is 342 g/mol. The summed E-state index contributed by atoms with van der Waals surface area (Å²) >= 11 is 0. The fourth-order valence-corrected chi connectivity index (χ4v) is 3.77. The normalized spacial score (nSPS) is 26.3. The Kier molecular flexibility index (Phi) is 4.15. The number of aliphatic carboxylic acids is 1. The molecule has 2 fully saturated rings. The summed E-state index contributed by atoms with van der Waals surface area (Å²) in [6.45, 7) is 0.369. The highest BCUT2D eigenvalue weighted by Gasteiger charge is 2.49. The molecule has 0 radical (unpaired) electrons. The molecule has 1 aliphatic carbocycles. The molecule has 0 unspecified atom stereocenters. The third-order valence-electron chi connectivity index (χ3n) is 4.87. The van der Waals surface area contributed by atoms with Crippen LogP contribution in [0.4, 0.5) is 23.7 Å². The van der Waals surface area contributed by atoms with E-state index in [-0.39, 0.29) is 17.5 Å². The number of hydrogen-bond donors (Lipinski definition) is 2. The number of carbonyl (C=O) groups excluding carboxylic acids is 1. The Hall–Kier alpha value is -2.25. The number of nitrogens with one attached hydrogen (secondary N) is 1. The Labute approximate surface area is 136 Å². The highest BCUT2D eigenvalue weighted by Crippen LogP contribution is 2.42. The average Bonchev–Trinajstić information content (AvgIpc) is 3.06. The largest absolute Gasteiger partial charge is 0.480 e. The summed E-state index contributed by atoms with van der Waals surface area (Å²) < 4.78 is 37.6. The second-order valence-corrected chi connectivity index (χ2v) is 6.30. The lowest BCUT2D eigenvalue weighted by Crippen LogP contribution is -2.45. The molecule has 1 saturated heterocycles. The van der Waals surface area contributed by atoms with Gasteiger partial charge in [0.15, 0.2) is 0 Å². The van der Waals surface area contributed by atoms with Crippen LogP contribution in [0.5, 0.6) is 0 Å². The van der Waals surface area contributed by atoms with Gasteiger partial charge in [0.2, 0.25) is 0 Å². The van der Waals surface area contributed by atoms with Gasteiger partial charge in [0.05, 0.1) is 5.56 Å². The van der Waals surface area contributed by atoms with Crippen molar-refractivity contribution in [2.45, 2.75) is 31.5 Å². The summed E-state index contributed by atoms with van der Waals surface area (Å²) in [6, 6.07) is 2.62. The van der Waals surface area contributed by atoms with Crippen LogP contribution >= 0.6 is 0 Å². The topological polar surface area (TPSA) is 69.6 Å². The molecule has 130 valence electrons. The lowest BCUT2D eigenvalue weighted by molar-refractivity contribution is -0.142. The quantitative estimate of drug-likeness (QED) is 0.865. The number of fused-ring (bicyclic) bond motifs is 1. The molecule has 1 aromatic carbocycles. The molecule has 2 N–H and O–H groups in total. The first kappa shape index (κ1) is 16.6. The zero-order chi connectivity index (χ0) is 17.5. The van der Waals surface area contributed by atoms with Crippen LogP contribution in [0.2, 0.25) is 0 Å². The fourth-order valence-electron chi connectivity index (χ4n) is 3.77. The molecule has 0 aromatic heterocycles. The van der Waals surface area contributed by atoms with Gasteiger partial charge in [0.25, 0.3) is 0 Å². The number of halogens is 3. The second-order valence-electron chi connectivity index (χ2n) is 6.30. The number of hydrogen-bond acceptors (Lipinski definition) is 2. The molecule has 3 atom stereocenters. The van der Waals surface area contributed by atoms with Crippen molar-refractivity contribution in [2.75, 3.05) is 11.9 Å². The van der Waals surface area contributed by atoms with E-state index in [1.54, 1.807) is 0 Å². The van der Waals surface area contributed by atoms with Gasteiger partial charge in [-0.2, -0.15) is 13.2 Å². The summed E-state index contributed by atoms with van der Waals surface area (Å²) in [5.41, 5.74) is -0.603. The van der Waals surface area contributed by atoms with Crippen molar-refractivity contribution >= 4 is 17.7 Å². The molecule has 1 heterocycles. The van der Waals surface area contributed by atoms with Crippen molar-refractivity contribution in [1.29, 1.82) is 0 Å². The van der Waals surface area contributed by atoms with E-state index in [1.807, 2.05) is 0 Å². The lowest BCUT2D eigenvalue weighted by atomic mass is 9.94. The number of benzene rings is 1. The fraction of sp³-hybridized carbons (Fsp3) is 0.500. The highest BCUT2D eigenvalue weighted by atomic mass is 19.4. The maximum atomic E-state index is 12.5. The number of carboxylic acid groups (broad SMARTS) is 1. The van der Waals surface area contributed by atoms with Gasteiger partial charge >= 0.3 is 18.2 Å². The van der Waals surface area contributed by atoms with Crippen LogP contribution in [0, 0.1) is 11.8 Å². The van der Waals surface area contributed by atoms with E-state index >= 15 is 0 Å². The molecule has 0 spiro atoms. The van der Waals surface area contributed by atoms with Gasteiger partial charge in [0, 0.05) is 12.2 Å². The first-order valence-electron chi connectivity index (χ1n) is 7.75. The number of alkyl halides is 3. The first-order valence-corrected chi connectivity index (χ1v) is 7.75. The maximum absolute atomic E-state index is 12.5. The molecular weight excluding hydrogens is 325 g/mol. The minimum Gasteiger partial charge on any atom is -0.480 e. The zero-order valence-electron chi connectivity index (χ0n) is 12.7. The molecule has 8 heteroatoms. The molecule has 3 rings (SSSR count). The van der Waals surface area contributed by atoms with Crippen molar-refractivity contribution < 1.29 is 27.9 Å². The SMILES string of the molecule is O=C(O)[C@@H]1[C@H]2CCC[C@@H]2CN1C(=O)Nc1ccc(C(F)(F)F)cc1. The Morgan fingerprint density at radius 2 is 1.83 bits per heavy atom. The minimum atomic E-state index is -4.44. The molecule has 1 aromatic rings. The van der Waals surface area contributed by atoms with Crippen LogP contribution < -0.4 is 5.32 Å². The summed E-state index contributed by atoms with van der Waals surface area (Å²) in [4.78, 5) is 25.2. The van der Waals surface area contributed by atoms with Crippen LogP contribution in [-0.4, -0.2) is 34.6 Å². The van der Waals surface area contributed by atoms with E-state index in [1.165, 1.54) is 4.90 Å². The summed E-state index contributed by atoms with van der Waals surface area (Å²) in [5.74, 6) is -0.891. The molecule has 2 aliphatic rings. The Morgan fingerprint density at radius 3 is 2.42 bits per heavy atom. The molecule has 1 saturated carbocycles. The summed E-state index contributed by atoms with van der Waals surface area (Å²) in [6.07, 6.45) is -1.79. The van der Waals surface area contributed by atoms with E-state index in [9.17, 15) is 27.9 Å². The van der Waals surface area contributed by atoms with Gasteiger partial charge in [-0.05, 0) is 48.9 Å². The zero-order valence-corrected chi connectivity index (χ0v) is 12.7. The predicted molar refractivity (Wildman–Crippen MR) is 79.4 cm³/mol. The number of nitrogens with zero attached hydrogens (tertiary/aromatic N) is 1. The van der Waals surface area contributed by atoms with Crippen molar-refractivity contribution in [1.82, 2.24) is 4.90 Å². The number of anilines is 1. The third-order valence-corrected chi connectivity index (χ3v) is 4.87. The standard InChI is InChI=1S/C16H17F3N2O3/c17-16(18,19)10-4-6-11(7-5-10)20-15(24)21-8-9-2-1-3-12(9)13(21)14(22)23/h4-7,9,12-13H,1-3,8H2,(H,20,24)(H,22,23)/t9-,12+,13+/m1/s1. The average molecular weight is 342 g/mol. The van der Waals surface area contributed by atoms with Gasteiger partial charge in [-0.15, -0.1) is 0 Å². The van der Waals surface area contributed by atoms with Crippen molar-refractivity contribution in [3.8, 4) is 0 Å². The molecular formula is C16H17F3N2O3. The first-order chi connectivity index (χ1) is 11.3. The summed E-state index contributed by atoms with van der Waals surface area (Å²) in [7, 11) is 0. The van der Waals surface area contributed by atoms with E-state index in [0.717, 1.165) is 43.5 Å². The van der Waals surface area contributed by atoms with Crippen LogP contribution in [0.3, 0.4) is 0 Å². The number of carbonyl (C=O) groups is 2. The second kappa shape index (κ2) is 5.99. The van der Waals surface area contributed by atoms with E-state index in [2.05, 4.69) is 5.32 Å². The maximum Gasteiger partial charge on any atom is 0.416 e. The number of carboxylic acids is 1. The van der Waals surface area contributed by atoms with E-state index in [4.69, 9.17) is 0 Å². The van der Waals surface area contributed by atoms with Crippen LogP contribution in [0.1, 0.15) is 24.8 Å². The van der Waals surface area contributed by atoms with Gasteiger partial charge in [-0.1, -0.05) is 6.42 Å². The third kappa shape index (κ3) is 3.05. The molecule has 5 nitrogen and oxygen atoms in total. The van der Waals surface area contributed by atoms with Gasteiger partial charge in [-0.3, -0.25) is 0 Å². The van der Waals surface area contributed by atoms with Crippen LogP contribution in [0.15, 0.2) is 24.3 Å². The molecule has 0 bridgehead atoms. The Balaban J connectivity index is 1.71. The number of rotatable bonds is 2. The van der Waals surface area contributed by atoms with Gasteiger partial charge in [0.1, 0.15) is 6.04 Å². The van der Waals surface area contributed by atoms with Gasteiger partial charge in [-0.25, -0.2) is 9.59 Å². The smallest absolute Gasteiger partial charge is 0.416 e. The lowest BCUT2D eigenvalue weighted by Gasteiger charge is -2.24. The number of likely N-dealkylation sites (tertiary alicyclic amines) is 1. The van der Waals surface area contributed by atoms with Crippen LogP contribution in [-0.2, 0) is 11.0 Å². The molecule has 24 heavy (non-hydrogen) atoms. The number of amides is 2. The van der Waals surface area contributed by atoms with Crippen molar-refractivity contribution in [2.24, 2.45) is 11.8 Å². The van der Waals surface area contributed by atoms with Crippen LogP contribution in [0.25, 0.3) is 0 Å². The van der Waals surface area contributed by atoms with Crippen molar-refractivity contribution in [3.05, 3.63) is 29.8 Å². The number of urea groups is 1. The van der Waals surface area contributed by atoms with E-state index in [0.29, 0.717) is 6.54 Å². The van der Waals surface area contributed by atoms with Gasteiger partial charge < -0.3 is 15.3 Å².